The maximum atomic E-state index is 12.2. The summed E-state index contributed by atoms with van der Waals surface area (Å²) in [6.07, 6.45) is 3.10. The summed E-state index contributed by atoms with van der Waals surface area (Å²) in [5.74, 6) is -0.254. The van der Waals surface area contributed by atoms with E-state index < -0.39 is 11.8 Å². The fourth-order valence-corrected chi connectivity index (χ4v) is 2.45. The third-order valence-electron chi connectivity index (χ3n) is 3.13. The molecule has 138 valence electrons. The maximum absolute atomic E-state index is 12.2. The molecule has 0 aliphatic heterocycles. The van der Waals surface area contributed by atoms with Crippen molar-refractivity contribution in [2.75, 3.05) is 20.0 Å². The summed E-state index contributed by atoms with van der Waals surface area (Å²) in [5.41, 5.74) is 4.83. The van der Waals surface area contributed by atoms with Crippen LogP contribution in [0.25, 0.3) is 0 Å². The van der Waals surface area contributed by atoms with Crippen LogP contribution >= 0.6 is 23.4 Å². The molecule has 26 heavy (non-hydrogen) atoms. The second kappa shape index (κ2) is 9.25. The molecular formula is C16H17ClN4O4S. The van der Waals surface area contributed by atoms with Crippen molar-refractivity contribution in [3.63, 3.8) is 0 Å². The second-order valence-electron chi connectivity index (χ2n) is 4.76. The van der Waals surface area contributed by atoms with Crippen molar-refractivity contribution in [1.29, 1.82) is 0 Å². The van der Waals surface area contributed by atoms with Gasteiger partial charge in [-0.05, 0) is 31.4 Å². The molecule has 0 aliphatic rings. The first-order valence-corrected chi connectivity index (χ1v) is 9.08. The highest BCUT2D eigenvalue weighted by Crippen LogP contribution is 2.27. The van der Waals surface area contributed by atoms with E-state index in [9.17, 15) is 9.59 Å². The number of ether oxygens (including phenoxy) is 2. The van der Waals surface area contributed by atoms with Gasteiger partial charge in [-0.15, -0.1) is 0 Å². The van der Waals surface area contributed by atoms with Gasteiger partial charge in [0.1, 0.15) is 0 Å². The minimum absolute atomic E-state index is 0.0319. The lowest BCUT2D eigenvalue weighted by molar-refractivity contribution is 0.0843. The van der Waals surface area contributed by atoms with E-state index in [4.69, 9.17) is 21.1 Å². The Labute approximate surface area is 159 Å². The molecule has 0 bridgehead atoms. The molecule has 0 spiro atoms. The summed E-state index contributed by atoms with van der Waals surface area (Å²) in [4.78, 5) is 32.4. The van der Waals surface area contributed by atoms with Crippen LogP contribution in [-0.2, 0) is 0 Å². The van der Waals surface area contributed by atoms with Crippen LogP contribution in [0.3, 0.4) is 0 Å². The molecule has 10 heteroatoms. The molecule has 0 unspecified atom stereocenters. The molecule has 1 heterocycles. The fraction of sp³-hybridized carbons (Fsp3) is 0.250. The Bertz CT molecular complexity index is 819. The van der Waals surface area contributed by atoms with Crippen molar-refractivity contribution in [3.05, 3.63) is 40.7 Å². The predicted molar refractivity (Wildman–Crippen MR) is 97.9 cm³/mol. The number of hydrazine groups is 1. The zero-order valence-electron chi connectivity index (χ0n) is 14.3. The first kappa shape index (κ1) is 19.8. The number of methoxy groups -OCH3 is 1. The molecule has 0 atom stereocenters. The maximum Gasteiger partial charge on any atom is 0.289 e. The molecule has 1 aromatic carbocycles. The van der Waals surface area contributed by atoms with Gasteiger partial charge in [-0.1, -0.05) is 23.4 Å². The van der Waals surface area contributed by atoms with Gasteiger partial charge in [0.2, 0.25) is 0 Å². The van der Waals surface area contributed by atoms with Crippen molar-refractivity contribution < 1.29 is 19.1 Å². The minimum Gasteiger partial charge on any atom is -0.493 e. The lowest BCUT2D eigenvalue weighted by Gasteiger charge is -2.12. The molecule has 2 rings (SSSR count). The SMILES string of the molecule is CCOc1ccc(C(=O)NNC(=O)c2nc(SC)ncc2Cl)cc1OC. The summed E-state index contributed by atoms with van der Waals surface area (Å²) < 4.78 is 10.6. The molecule has 2 aromatic rings. The summed E-state index contributed by atoms with van der Waals surface area (Å²) in [7, 11) is 1.47. The molecule has 0 radical (unpaired) electrons. The third-order valence-corrected chi connectivity index (χ3v) is 3.97. The monoisotopic (exact) mass is 396 g/mol. The number of aromatic nitrogens is 2. The van der Waals surface area contributed by atoms with E-state index in [0.29, 0.717) is 23.3 Å². The summed E-state index contributed by atoms with van der Waals surface area (Å²) >= 11 is 7.19. The summed E-state index contributed by atoms with van der Waals surface area (Å²) in [5, 5.41) is 0.472. The minimum atomic E-state index is -0.654. The van der Waals surface area contributed by atoms with Crippen LogP contribution in [0.5, 0.6) is 11.5 Å². The Morgan fingerprint density at radius 3 is 2.62 bits per heavy atom. The van der Waals surface area contributed by atoms with Crippen LogP contribution in [0.2, 0.25) is 5.02 Å². The number of nitrogens with zero attached hydrogens (tertiary/aromatic N) is 2. The van der Waals surface area contributed by atoms with E-state index in [-0.39, 0.29) is 16.3 Å². The predicted octanol–water partition coefficient (Wildman–Crippen LogP) is 2.33. The Hall–Kier alpha value is -2.52. The zero-order valence-corrected chi connectivity index (χ0v) is 15.9. The van der Waals surface area contributed by atoms with E-state index >= 15 is 0 Å². The van der Waals surface area contributed by atoms with Crippen LogP contribution in [0.4, 0.5) is 0 Å². The molecule has 8 nitrogen and oxygen atoms in total. The van der Waals surface area contributed by atoms with Crippen LogP contribution in [0.15, 0.2) is 29.6 Å². The first-order valence-electron chi connectivity index (χ1n) is 7.48. The van der Waals surface area contributed by atoms with Crippen molar-refractivity contribution in [3.8, 4) is 11.5 Å². The zero-order chi connectivity index (χ0) is 19.1. The average molecular weight is 397 g/mol. The first-order chi connectivity index (χ1) is 12.5. The third kappa shape index (κ3) is 4.77. The number of thioether (sulfide) groups is 1. The molecule has 0 saturated carbocycles. The van der Waals surface area contributed by atoms with Gasteiger partial charge in [-0.3, -0.25) is 20.4 Å². The fourth-order valence-electron chi connectivity index (χ4n) is 1.94. The van der Waals surface area contributed by atoms with Gasteiger partial charge in [0.25, 0.3) is 11.8 Å². The number of rotatable bonds is 6. The highest BCUT2D eigenvalue weighted by molar-refractivity contribution is 7.98. The summed E-state index contributed by atoms with van der Waals surface area (Å²) in [6, 6.07) is 4.68. The number of hydrogen-bond acceptors (Lipinski definition) is 7. The molecule has 2 amide bonds. The van der Waals surface area contributed by atoms with E-state index in [0.717, 1.165) is 0 Å². The number of benzene rings is 1. The Morgan fingerprint density at radius 2 is 1.96 bits per heavy atom. The van der Waals surface area contributed by atoms with Crippen LogP contribution < -0.4 is 20.3 Å². The van der Waals surface area contributed by atoms with Gasteiger partial charge in [0.05, 0.1) is 24.9 Å². The summed E-state index contributed by atoms with van der Waals surface area (Å²) in [6.45, 7) is 2.31. The lowest BCUT2D eigenvalue weighted by Crippen LogP contribution is -2.42. The average Bonchev–Trinajstić information content (AvgIpc) is 2.66. The van der Waals surface area contributed by atoms with Crippen molar-refractivity contribution in [2.24, 2.45) is 0 Å². The van der Waals surface area contributed by atoms with E-state index in [1.165, 1.54) is 31.1 Å². The topological polar surface area (TPSA) is 102 Å². The van der Waals surface area contributed by atoms with Crippen LogP contribution in [0.1, 0.15) is 27.8 Å². The number of amides is 2. The highest BCUT2D eigenvalue weighted by Gasteiger charge is 2.16. The van der Waals surface area contributed by atoms with Gasteiger partial charge in [0.15, 0.2) is 22.3 Å². The Morgan fingerprint density at radius 1 is 1.23 bits per heavy atom. The van der Waals surface area contributed by atoms with Crippen molar-refractivity contribution >= 4 is 35.2 Å². The van der Waals surface area contributed by atoms with E-state index in [2.05, 4.69) is 20.8 Å². The van der Waals surface area contributed by atoms with E-state index in [1.54, 1.807) is 18.4 Å². The van der Waals surface area contributed by atoms with Gasteiger partial charge in [0, 0.05) is 5.56 Å². The number of hydrogen-bond donors (Lipinski definition) is 2. The quantitative estimate of drug-likeness (QED) is 0.439. The Kier molecular flexibility index (Phi) is 7.05. The molecule has 1 aromatic heterocycles. The number of carbonyl (C=O) groups is 2. The van der Waals surface area contributed by atoms with Crippen molar-refractivity contribution in [2.45, 2.75) is 12.1 Å². The molecule has 0 saturated heterocycles. The molecule has 0 fully saturated rings. The van der Waals surface area contributed by atoms with Gasteiger partial charge in [-0.2, -0.15) is 0 Å². The van der Waals surface area contributed by atoms with Gasteiger partial charge < -0.3 is 9.47 Å². The largest absolute Gasteiger partial charge is 0.493 e. The van der Waals surface area contributed by atoms with Crippen LogP contribution in [0, 0.1) is 0 Å². The van der Waals surface area contributed by atoms with Crippen molar-refractivity contribution in [1.82, 2.24) is 20.8 Å². The van der Waals surface area contributed by atoms with Gasteiger partial charge >= 0.3 is 0 Å². The molecular weight excluding hydrogens is 380 g/mol. The lowest BCUT2D eigenvalue weighted by atomic mass is 10.2. The number of carbonyl (C=O) groups excluding carboxylic acids is 2. The second-order valence-corrected chi connectivity index (χ2v) is 5.94. The normalized spacial score (nSPS) is 10.2. The molecule has 2 N–H and O–H groups in total. The van der Waals surface area contributed by atoms with E-state index in [1.807, 2.05) is 6.92 Å². The molecule has 0 aliphatic carbocycles. The highest BCUT2D eigenvalue weighted by atomic mass is 35.5. The number of halogens is 1. The van der Waals surface area contributed by atoms with Crippen LogP contribution in [-0.4, -0.2) is 41.8 Å². The Balaban J connectivity index is 2.07. The number of nitrogens with one attached hydrogen (secondary N) is 2. The standard InChI is InChI=1S/C16H17ClN4O4S/c1-4-25-11-6-5-9(7-12(11)24-2)14(22)20-21-15(23)13-10(17)8-18-16(19-13)26-3/h5-8H,4H2,1-3H3,(H,20,22)(H,21,23). The van der Waals surface area contributed by atoms with Gasteiger partial charge in [-0.25, -0.2) is 9.97 Å². The smallest absolute Gasteiger partial charge is 0.289 e.